The van der Waals surface area contributed by atoms with Crippen LogP contribution < -0.4 is 18.9 Å². The van der Waals surface area contributed by atoms with Crippen LogP contribution in [0, 0.1) is 6.92 Å². The van der Waals surface area contributed by atoms with Crippen LogP contribution in [0.15, 0.2) is 47.2 Å². The van der Waals surface area contributed by atoms with Crippen LogP contribution in [0.1, 0.15) is 44.7 Å². The highest BCUT2D eigenvalue weighted by atomic mass is 79.9. The van der Waals surface area contributed by atoms with Crippen LogP contribution in [-0.4, -0.2) is 25.9 Å². The molecule has 0 amide bonds. The van der Waals surface area contributed by atoms with Crippen molar-refractivity contribution in [2.24, 2.45) is 0 Å². The molecule has 0 saturated heterocycles. The second-order valence-corrected chi connectivity index (χ2v) is 8.12. The summed E-state index contributed by atoms with van der Waals surface area (Å²) in [7, 11) is 0. The molecular formula is C25H32BrFO4. The Bertz CT molecular complexity index is 830. The fourth-order valence-corrected chi connectivity index (χ4v) is 3.23. The first kappa shape index (κ1) is 25.1. The van der Waals surface area contributed by atoms with Crippen LogP contribution in [0.25, 0.3) is 0 Å². The molecule has 4 nitrogen and oxygen atoms in total. The zero-order valence-corrected chi connectivity index (χ0v) is 20.3. The van der Waals surface area contributed by atoms with E-state index in [1.807, 2.05) is 57.2 Å². The topological polar surface area (TPSA) is 36.9 Å². The van der Waals surface area contributed by atoms with Gasteiger partial charge >= 0.3 is 0 Å². The highest BCUT2D eigenvalue weighted by Gasteiger charge is 2.11. The first-order valence-electron chi connectivity index (χ1n) is 10.7. The Labute approximate surface area is 193 Å². The Morgan fingerprint density at radius 3 is 2.16 bits per heavy atom. The van der Waals surface area contributed by atoms with E-state index in [1.165, 1.54) is 6.08 Å². The first-order chi connectivity index (χ1) is 14.9. The molecule has 0 unspecified atom stereocenters. The molecule has 0 saturated carbocycles. The van der Waals surface area contributed by atoms with Gasteiger partial charge in [0.15, 0.2) is 4.74 Å². The van der Waals surface area contributed by atoms with Crippen molar-refractivity contribution in [2.75, 3.05) is 19.8 Å². The average molecular weight is 495 g/mol. The summed E-state index contributed by atoms with van der Waals surface area (Å²) in [6.45, 7) is 9.53. The van der Waals surface area contributed by atoms with Crippen molar-refractivity contribution in [1.82, 2.24) is 0 Å². The summed E-state index contributed by atoms with van der Waals surface area (Å²) in [5, 5.41) is 0. The van der Waals surface area contributed by atoms with Crippen LogP contribution in [0.5, 0.6) is 23.0 Å². The monoisotopic (exact) mass is 494 g/mol. The Balaban J connectivity index is 1.75. The number of hydrogen-bond acceptors (Lipinski definition) is 4. The Morgan fingerprint density at radius 2 is 1.55 bits per heavy atom. The zero-order valence-electron chi connectivity index (χ0n) is 18.8. The first-order valence-corrected chi connectivity index (χ1v) is 11.5. The molecule has 0 fully saturated rings. The second-order valence-electron chi connectivity index (χ2n) is 7.37. The molecule has 0 N–H and O–H groups in total. The van der Waals surface area contributed by atoms with Gasteiger partial charge < -0.3 is 18.9 Å². The highest BCUT2D eigenvalue weighted by molar-refractivity contribution is 9.11. The third-order valence-corrected chi connectivity index (χ3v) is 4.92. The number of hydrogen-bond donors (Lipinski definition) is 0. The van der Waals surface area contributed by atoms with Crippen molar-refractivity contribution in [2.45, 2.75) is 53.1 Å². The van der Waals surface area contributed by atoms with E-state index in [1.54, 1.807) is 0 Å². The van der Waals surface area contributed by atoms with Gasteiger partial charge in [-0.15, -0.1) is 0 Å². The van der Waals surface area contributed by atoms with Gasteiger partial charge in [0, 0.05) is 5.56 Å². The van der Waals surface area contributed by atoms with Gasteiger partial charge in [-0.2, -0.15) is 4.39 Å². The van der Waals surface area contributed by atoms with E-state index in [2.05, 4.69) is 22.9 Å². The lowest BCUT2D eigenvalue weighted by Crippen LogP contribution is -2.06. The molecule has 0 heterocycles. The number of benzene rings is 2. The largest absolute Gasteiger partial charge is 0.494 e. The maximum absolute atomic E-state index is 12.8. The van der Waals surface area contributed by atoms with E-state index in [-0.39, 0.29) is 12.7 Å². The van der Waals surface area contributed by atoms with Gasteiger partial charge in [0.05, 0.1) is 19.3 Å². The molecule has 0 radical (unpaired) electrons. The lowest BCUT2D eigenvalue weighted by Gasteiger charge is -2.16. The minimum atomic E-state index is -0.429. The summed E-state index contributed by atoms with van der Waals surface area (Å²) in [5.74, 6) is 3.30. The molecule has 31 heavy (non-hydrogen) atoms. The lowest BCUT2D eigenvalue weighted by molar-refractivity contribution is 0.241. The van der Waals surface area contributed by atoms with E-state index in [0.29, 0.717) is 13.2 Å². The number of rotatable bonds is 13. The van der Waals surface area contributed by atoms with Crippen molar-refractivity contribution in [1.29, 1.82) is 0 Å². The Morgan fingerprint density at radius 1 is 0.935 bits per heavy atom. The normalized spacial score (nSPS) is 11.5. The maximum atomic E-state index is 12.8. The smallest absolute Gasteiger partial charge is 0.165 e. The van der Waals surface area contributed by atoms with E-state index in [4.69, 9.17) is 18.9 Å². The minimum absolute atomic E-state index is 0.161. The Kier molecular flexibility index (Phi) is 10.7. The molecule has 2 rings (SSSR count). The van der Waals surface area contributed by atoms with Crippen LogP contribution in [0.4, 0.5) is 4.39 Å². The molecule has 0 spiro atoms. The van der Waals surface area contributed by atoms with E-state index < -0.39 is 4.74 Å². The van der Waals surface area contributed by atoms with Crippen LogP contribution in [-0.2, 0) is 6.42 Å². The summed E-state index contributed by atoms with van der Waals surface area (Å²) >= 11 is 2.76. The SMILES string of the molecule is CCc1c(OCCCCOc2ccc(OC(C)C)cc2)ccc(OCC=C(F)Br)c1C. The average Bonchev–Trinajstić information content (AvgIpc) is 2.72. The number of ether oxygens (including phenoxy) is 4. The van der Waals surface area contributed by atoms with E-state index in [0.717, 1.165) is 53.4 Å². The fraction of sp³-hybridized carbons (Fsp3) is 0.440. The quantitative estimate of drug-likeness (QED) is 0.276. The van der Waals surface area contributed by atoms with Crippen LogP contribution in [0.3, 0.4) is 0 Å². The van der Waals surface area contributed by atoms with Gasteiger partial charge in [-0.1, -0.05) is 6.92 Å². The van der Waals surface area contributed by atoms with Crippen LogP contribution >= 0.6 is 15.9 Å². The molecule has 0 aliphatic heterocycles. The Hall–Kier alpha value is -2.21. The summed E-state index contributed by atoms with van der Waals surface area (Å²) in [6.07, 6.45) is 4.13. The standard InChI is InChI=1S/C25H32BrFO4/c1-5-22-19(4)23(30-17-14-25(26)27)12-13-24(22)29-16-7-6-15-28-20-8-10-21(11-9-20)31-18(2)3/h8-14,18H,5-7,15-17H2,1-4H3. The molecule has 170 valence electrons. The molecule has 0 aliphatic carbocycles. The summed E-state index contributed by atoms with van der Waals surface area (Å²) in [6, 6.07) is 11.5. The highest BCUT2D eigenvalue weighted by Crippen LogP contribution is 2.31. The molecule has 0 aromatic heterocycles. The van der Waals surface area contributed by atoms with E-state index >= 15 is 0 Å². The zero-order chi connectivity index (χ0) is 22.6. The second kappa shape index (κ2) is 13.3. The number of unbranched alkanes of at least 4 members (excludes halogenated alkanes) is 1. The van der Waals surface area contributed by atoms with Gasteiger partial charge in [-0.25, -0.2) is 0 Å². The van der Waals surface area contributed by atoms with Crippen molar-refractivity contribution in [3.8, 4) is 23.0 Å². The van der Waals surface area contributed by atoms with Crippen molar-refractivity contribution < 1.29 is 23.3 Å². The predicted molar refractivity (Wildman–Crippen MR) is 127 cm³/mol. The van der Waals surface area contributed by atoms with Gasteiger partial charge in [0.2, 0.25) is 0 Å². The molecule has 0 bridgehead atoms. The van der Waals surface area contributed by atoms with Crippen molar-refractivity contribution >= 4 is 15.9 Å². The van der Waals surface area contributed by atoms with Gasteiger partial charge in [0.25, 0.3) is 0 Å². The summed E-state index contributed by atoms with van der Waals surface area (Å²) in [5.41, 5.74) is 2.14. The maximum Gasteiger partial charge on any atom is 0.165 e. The molecule has 2 aromatic rings. The van der Waals surface area contributed by atoms with Crippen LogP contribution in [0.2, 0.25) is 0 Å². The third kappa shape index (κ3) is 8.82. The van der Waals surface area contributed by atoms with E-state index in [9.17, 15) is 4.39 Å². The van der Waals surface area contributed by atoms with Crippen molar-refractivity contribution in [3.63, 3.8) is 0 Å². The minimum Gasteiger partial charge on any atom is -0.494 e. The third-order valence-electron chi connectivity index (χ3n) is 4.60. The molecular weight excluding hydrogens is 463 g/mol. The number of halogens is 2. The molecule has 0 aliphatic rings. The summed E-state index contributed by atoms with van der Waals surface area (Å²) in [4.78, 5) is 0. The predicted octanol–water partition coefficient (Wildman–Crippen LogP) is 7.17. The fourth-order valence-electron chi connectivity index (χ4n) is 3.10. The van der Waals surface area contributed by atoms with Gasteiger partial charge in [0.1, 0.15) is 29.6 Å². The van der Waals surface area contributed by atoms with Gasteiger partial charge in [-0.05, 0) is 104 Å². The molecule has 6 heteroatoms. The van der Waals surface area contributed by atoms with Gasteiger partial charge in [-0.3, -0.25) is 0 Å². The molecule has 2 aromatic carbocycles. The van der Waals surface area contributed by atoms with Crippen molar-refractivity contribution in [3.05, 3.63) is 58.3 Å². The summed E-state index contributed by atoms with van der Waals surface area (Å²) < 4.78 is 35.4. The lowest BCUT2D eigenvalue weighted by atomic mass is 10.0. The molecule has 0 atom stereocenters.